The van der Waals surface area contributed by atoms with E-state index in [-0.39, 0.29) is 18.1 Å². The molecule has 0 atom stereocenters. The van der Waals surface area contributed by atoms with Crippen LogP contribution in [0.2, 0.25) is 0 Å². The van der Waals surface area contributed by atoms with Crippen molar-refractivity contribution in [2.75, 3.05) is 6.61 Å². The van der Waals surface area contributed by atoms with Gasteiger partial charge >= 0.3 is 0 Å². The maximum atomic E-state index is 10.9. The highest BCUT2D eigenvalue weighted by molar-refractivity contribution is 5.79. The first-order chi connectivity index (χ1) is 6.24. The third-order valence-corrected chi connectivity index (χ3v) is 1.65. The topological polar surface area (TPSA) is 46.5 Å². The minimum absolute atomic E-state index is 0.0169. The van der Waals surface area contributed by atoms with E-state index >= 15 is 0 Å². The van der Waals surface area contributed by atoms with Crippen LogP contribution >= 0.6 is 0 Å². The summed E-state index contributed by atoms with van der Waals surface area (Å²) in [6.45, 7) is 1.80. The van der Waals surface area contributed by atoms with Gasteiger partial charge in [0.1, 0.15) is 6.61 Å². The summed E-state index contributed by atoms with van der Waals surface area (Å²) in [5.74, 6) is 0.430. The Morgan fingerprint density at radius 2 is 2.15 bits per heavy atom. The van der Waals surface area contributed by atoms with Crippen molar-refractivity contribution in [3.8, 4) is 11.5 Å². The fourth-order valence-corrected chi connectivity index (χ4v) is 0.840. The molecule has 1 rings (SSSR count). The van der Waals surface area contributed by atoms with Crippen LogP contribution in [0.15, 0.2) is 24.3 Å². The largest absolute Gasteiger partial charge is 0.504 e. The first kappa shape index (κ1) is 9.58. The van der Waals surface area contributed by atoms with Crippen LogP contribution in [-0.2, 0) is 4.79 Å². The number of phenolic OH excluding ortho intramolecular Hbond substituents is 1. The molecule has 0 saturated carbocycles. The smallest absolute Gasteiger partial charge is 0.169 e. The van der Waals surface area contributed by atoms with Crippen LogP contribution < -0.4 is 4.74 Å². The number of carbonyl (C=O) groups is 1. The first-order valence-corrected chi connectivity index (χ1v) is 4.16. The summed E-state index contributed by atoms with van der Waals surface area (Å²) in [5.41, 5.74) is 0. The Morgan fingerprint density at radius 1 is 1.46 bits per heavy atom. The van der Waals surface area contributed by atoms with E-state index in [0.717, 1.165) is 0 Å². The number of Topliss-reactive ketones (excluding diaryl/α,β-unsaturated/α-hetero) is 1. The third kappa shape index (κ3) is 2.78. The zero-order valence-electron chi connectivity index (χ0n) is 7.49. The second-order valence-electron chi connectivity index (χ2n) is 2.65. The van der Waals surface area contributed by atoms with Crippen molar-refractivity contribution in [2.45, 2.75) is 13.3 Å². The third-order valence-electron chi connectivity index (χ3n) is 1.65. The molecule has 1 aromatic carbocycles. The molecule has 0 aromatic heterocycles. The molecule has 0 aliphatic carbocycles. The molecule has 0 radical (unpaired) electrons. The summed E-state index contributed by atoms with van der Waals surface area (Å²) in [6.07, 6.45) is 0.452. The Labute approximate surface area is 77.0 Å². The summed E-state index contributed by atoms with van der Waals surface area (Å²) < 4.78 is 5.09. The number of rotatable bonds is 4. The molecule has 0 saturated heterocycles. The molecule has 0 fully saturated rings. The van der Waals surface area contributed by atoms with Gasteiger partial charge in [-0.3, -0.25) is 4.79 Å². The lowest BCUT2D eigenvalue weighted by Gasteiger charge is -2.05. The SMILES string of the molecule is CCC(=O)COc1ccccc1O. The predicted molar refractivity (Wildman–Crippen MR) is 48.9 cm³/mol. The zero-order valence-corrected chi connectivity index (χ0v) is 7.49. The van der Waals surface area contributed by atoms with Crippen LogP contribution in [0.3, 0.4) is 0 Å². The Kier molecular flexibility index (Phi) is 3.31. The molecule has 0 unspecified atom stereocenters. The van der Waals surface area contributed by atoms with E-state index in [9.17, 15) is 9.90 Å². The van der Waals surface area contributed by atoms with E-state index in [1.54, 1.807) is 25.1 Å². The van der Waals surface area contributed by atoms with Gasteiger partial charge in [-0.15, -0.1) is 0 Å². The number of benzene rings is 1. The molecule has 70 valence electrons. The molecule has 0 spiro atoms. The highest BCUT2D eigenvalue weighted by atomic mass is 16.5. The lowest BCUT2D eigenvalue weighted by molar-refractivity contribution is -0.120. The maximum Gasteiger partial charge on any atom is 0.169 e. The Balaban J connectivity index is 2.54. The van der Waals surface area contributed by atoms with Crippen LogP contribution in [0, 0.1) is 0 Å². The summed E-state index contributed by atoms with van der Waals surface area (Å²) in [7, 11) is 0. The lowest BCUT2D eigenvalue weighted by atomic mass is 10.3. The standard InChI is InChI=1S/C10H12O3/c1-2-8(11)7-13-10-6-4-3-5-9(10)12/h3-6,12H,2,7H2,1H3. The van der Waals surface area contributed by atoms with E-state index in [2.05, 4.69) is 0 Å². The molecule has 3 heteroatoms. The molecule has 0 amide bonds. The minimum atomic E-state index is 0.0169. The zero-order chi connectivity index (χ0) is 9.68. The van der Waals surface area contributed by atoms with E-state index in [0.29, 0.717) is 12.2 Å². The van der Waals surface area contributed by atoms with Crippen molar-refractivity contribution in [2.24, 2.45) is 0 Å². The lowest BCUT2D eigenvalue weighted by Crippen LogP contribution is -2.09. The average molecular weight is 180 g/mol. The summed E-state index contributed by atoms with van der Waals surface area (Å²) in [4.78, 5) is 10.9. The fourth-order valence-electron chi connectivity index (χ4n) is 0.840. The summed E-state index contributed by atoms with van der Waals surface area (Å²) in [6, 6.07) is 6.58. The van der Waals surface area contributed by atoms with Gasteiger partial charge in [-0.25, -0.2) is 0 Å². The highest BCUT2D eigenvalue weighted by Gasteiger charge is 2.02. The maximum absolute atomic E-state index is 10.9. The predicted octanol–water partition coefficient (Wildman–Crippen LogP) is 1.75. The van der Waals surface area contributed by atoms with Crippen molar-refractivity contribution in [3.63, 3.8) is 0 Å². The van der Waals surface area contributed by atoms with Gasteiger partial charge in [0, 0.05) is 6.42 Å². The normalized spacial score (nSPS) is 9.62. The number of aromatic hydroxyl groups is 1. The van der Waals surface area contributed by atoms with Crippen molar-refractivity contribution < 1.29 is 14.6 Å². The van der Waals surface area contributed by atoms with Gasteiger partial charge in [-0.1, -0.05) is 19.1 Å². The average Bonchev–Trinajstić information content (AvgIpc) is 2.16. The molecule has 13 heavy (non-hydrogen) atoms. The van der Waals surface area contributed by atoms with E-state index < -0.39 is 0 Å². The van der Waals surface area contributed by atoms with Gasteiger partial charge in [0.25, 0.3) is 0 Å². The highest BCUT2D eigenvalue weighted by Crippen LogP contribution is 2.24. The second-order valence-corrected chi connectivity index (χ2v) is 2.65. The fraction of sp³-hybridized carbons (Fsp3) is 0.300. The Morgan fingerprint density at radius 3 is 2.77 bits per heavy atom. The van der Waals surface area contributed by atoms with Gasteiger partial charge in [-0.2, -0.15) is 0 Å². The number of ketones is 1. The van der Waals surface area contributed by atoms with Crippen LogP contribution in [0.1, 0.15) is 13.3 Å². The van der Waals surface area contributed by atoms with Gasteiger partial charge in [-0.05, 0) is 12.1 Å². The van der Waals surface area contributed by atoms with Crippen molar-refractivity contribution >= 4 is 5.78 Å². The molecule has 0 heterocycles. The minimum Gasteiger partial charge on any atom is -0.504 e. The molecule has 3 nitrogen and oxygen atoms in total. The number of phenols is 1. The van der Waals surface area contributed by atoms with Crippen LogP contribution in [0.25, 0.3) is 0 Å². The molecular weight excluding hydrogens is 168 g/mol. The number of hydrogen-bond donors (Lipinski definition) is 1. The molecule has 0 aliphatic rings. The Bertz CT molecular complexity index is 294. The van der Waals surface area contributed by atoms with E-state index in [1.807, 2.05) is 0 Å². The van der Waals surface area contributed by atoms with Crippen molar-refractivity contribution in [1.29, 1.82) is 0 Å². The number of hydrogen-bond acceptors (Lipinski definition) is 3. The number of carbonyl (C=O) groups excluding carboxylic acids is 1. The van der Waals surface area contributed by atoms with Crippen LogP contribution in [0.5, 0.6) is 11.5 Å². The van der Waals surface area contributed by atoms with Gasteiger partial charge in [0.2, 0.25) is 0 Å². The van der Waals surface area contributed by atoms with Crippen molar-refractivity contribution in [3.05, 3.63) is 24.3 Å². The van der Waals surface area contributed by atoms with Crippen LogP contribution in [0.4, 0.5) is 0 Å². The second kappa shape index (κ2) is 4.50. The van der Waals surface area contributed by atoms with E-state index in [1.165, 1.54) is 6.07 Å². The number of ether oxygens (including phenoxy) is 1. The first-order valence-electron chi connectivity index (χ1n) is 4.16. The monoisotopic (exact) mass is 180 g/mol. The molecule has 1 aromatic rings. The summed E-state index contributed by atoms with van der Waals surface area (Å²) >= 11 is 0. The van der Waals surface area contributed by atoms with E-state index in [4.69, 9.17) is 4.74 Å². The quantitative estimate of drug-likeness (QED) is 0.767. The number of para-hydroxylation sites is 2. The molecule has 0 bridgehead atoms. The van der Waals surface area contributed by atoms with Crippen LogP contribution in [-0.4, -0.2) is 17.5 Å². The molecule has 1 N–H and O–H groups in total. The van der Waals surface area contributed by atoms with Gasteiger partial charge < -0.3 is 9.84 Å². The Hall–Kier alpha value is -1.51. The molecule has 0 aliphatic heterocycles. The molecular formula is C10H12O3. The summed E-state index contributed by atoms with van der Waals surface area (Å²) in [5, 5.41) is 9.26. The van der Waals surface area contributed by atoms with Gasteiger partial charge in [0.05, 0.1) is 0 Å². The van der Waals surface area contributed by atoms with Crippen molar-refractivity contribution in [1.82, 2.24) is 0 Å². The van der Waals surface area contributed by atoms with Gasteiger partial charge in [0.15, 0.2) is 17.3 Å².